The summed E-state index contributed by atoms with van der Waals surface area (Å²) in [6.07, 6.45) is 5.29. The molecule has 1 saturated heterocycles. The van der Waals surface area contributed by atoms with Gasteiger partial charge in [-0.25, -0.2) is 0 Å². The molecule has 1 heterocycles. The van der Waals surface area contributed by atoms with Crippen molar-refractivity contribution in [2.45, 2.75) is 32.1 Å². The fraction of sp³-hybridized carbons (Fsp3) is 0.632. The fourth-order valence-electron chi connectivity index (χ4n) is 3.26. The molecule has 0 radical (unpaired) electrons. The van der Waals surface area contributed by atoms with Crippen LogP contribution < -0.4 is 0 Å². The van der Waals surface area contributed by atoms with E-state index in [1.165, 1.54) is 18.5 Å². The first kappa shape index (κ1) is 17.0. The highest BCUT2D eigenvalue weighted by molar-refractivity contribution is 5.16. The summed E-state index contributed by atoms with van der Waals surface area (Å²) in [5.41, 5.74) is 1.25. The van der Waals surface area contributed by atoms with E-state index in [4.69, 9.17) is 0 Å². The van der Waals surface area contributed by atoms with Crippen LogP contribution in [0.1, 0.15) is 31.2 Å². The minimum atomic E-state index is -0.103. The molecule has 0 amide bonds. The van der Waals surface area contributed by atoms with E-state index >= 15 is 0 Å². The van der Waals surface area contributed by atoms with Crippen molar-refractivity contribution in [3.63, 3.8) is 0 Å². The zero-order valence-electron chi connectivity index (χ0n) is 14.1. The van der Waals surface area contributed by atoms with Crippen molar-refractivity contribution in [3.8, 4) is 6.07 Å². The first-order chi connectivity index (χ1) is 10.6. The van der Waals surface area contributed by atoms with Gasteiger partial charge >= 0.3 is 0 Å². The van der Waals surface area contributed by atoms with Gasteiger partial charge in [-0.05, 0) is 77.9 Å². The standard InChI is InChI=1S/C19H29N3/c1-21(2)13-6-14-22-15-11-19(17-20,12-16-22)10-9-18-7-4-3-5-8-18/h3-5,7-8H,6,9-16H2,1-2H3. The molecule has 0 aromatic heterocycles. The van der Waals surface area contributed by atoms with Crippen LogP contribution in [-0.2, 0) is 6.42 Å². The Hall–Kier alpha value is -1.37. The van der Waals surface area contributed by atoms with E-state index in [1.54, 1.807) is 0 Å². The van der Waals surface area contributed by atoms with Gasteiger partial charge in [0.25, 0.3) is 0 Å². The second kappa shape index (κ2) is 8.31. The van der Waals surface area contributed by atoms with Gasteiger partial charge in [-0.15, -0.1) is 0 Å². The Labute approximate surface area is 135 Å². The Balaban J connectivity index is 1.77. The molecule has 0 N–H and O–H groups in total. The molecule has 0 unspecified atom stereocenters. The van der Waals surface area contributed by atoms with Gasteiger partial charge in [-0.2, -0.15) is 5.26 Å². The zero-order valence-corrected chi connectivity index (χ0v) is 14.1. The lowest BCUT2D eigenvalue weighted by atomic mass is 9.75. The van der Waals surface area contributed by atoms with E-state index in [0.717, 1.165) is 45.3 Å². The average Bonchev–Trinajstić information content (AvgIpc) is 2.55. The number of aryl methyl sites for hydroxylation is 1. The Kier molecular flexibility index (Phi) is 6.42. The number of nitriles is 1. The molecular formula is C19H29N3. The summed E-state index contributed by atoms with van der Waals surface area (Å²) >= 11 is 0. The molecule has 120 valence electrons. The lowest BCUT2D eigenvalue weighted by Gasteiger charge is -2.37. The van der Waals surface area contributed by atoms with Gasteiger partial charge in [0.2, 0.25) is 0 Å². The van der Waals surface area contributed by atoms with Gasteiger partial charge < -0.3 is 9.80 Å². The van der Waals surface area contributed by atoms with Crippen LogP contribution in [0.5, 0.6) is 0 Å². The minimum Gasteiger partial charge on any atom is -0.309 e. The maximum atomic E-state index is 9.68. The van der Waals surface area contributed by atoms with Gasteiger partial charge in [0.05, 0.1) is 11.5 Å². The van der Waals surface area contributed by atoms with Crippen LogP contribution in [0.4, 0.5) is 0 Å². The highest BCUT2D eigenvalue weighted by Gasteiger charge is 2.34. The lowest BCUT2D eigenvalue weighted by Crippen LogP contribution is -2.40. The van der Waals surface area contributed by atoms with E-state index in [0.29, 0.717) is 0 Å². The van der Waals surface area contributed by atoms with E-state index in [1.807, 2.05) is 0 Å². The van der Waals surface area contributed by atoms with E-state index in [9.17, 15) is 5.26 Å². The van der Waals surface area contributed by atoms with Crippen molar-refractivity contribution in [2.24, 2.45) is 5.41 Å². The smallest absolute Gasteiger partial charge is 0.0690 e. The van der Waals surface area contributed by atoms with Gasteiger partial charge in [-0.1, -0.05) is 30.3 Å². The molecule has 3 nitrogen and oxygen atoms in total. The molecular weight excluding hydrogens is 270 g/mol. The van der Waals surface area contributed by atoms with Crippen molar-refractivity contribution in [2.75, 3.05) is 40.3 Å². The van der Waals surface area contributed by atoms with Crippen LogP contribution in [0.2, 0.25) is 0 Å². The largest absolute Gasteiger partial charge is 0.309 e. The van der Waals surface area contributed by atoms with Crippen LogP contribution in [0, 0.1) is 16.7 Å². The molecule has 2 rings (SSSR count). The molecule has 0 saturated carbocycles. The molecule has 3 heteroatoms. The number of rotatable bonds is 7. The Morgan fingerprint density at radius 2 is 1.86 bits per heavy atom. The summed E-state index contributed by atoms with van der Waals surface area (Å²) in [6, 6.07) is 13.2. The summed E-state index contributed by atoms with van der Waals surface area (Å²) in [5.74, 6) is 0. The highest BCUT2D eigenvalue weighted by Crippen LogP contribution is 2.35. The Bertz CT molecular complexity index is 467. The summed E-state index contributed by atoms with van der Waals surface area (Å²) in [6.45, 7) is 4.47. The van der Waals surface area contributed by atoms with Gasteiger partial charge in [-0.3, -0.25) is 0 Å². The van der Waals surface area contributed by atoms with Crippen LogP contribution in [0.25, 0.3) is 0 Å². The molecule has 1 aliphatic heterocycles. The molecule has 1 aromatic carbocycles. The van der Waals surface area contributed by atoms with Crippen molar-refractivity contribution in [3.05, 3.63) is 35.9 Å². The van der Waals surface area contributed by atoms with Crippen molar-refractivity contribution < 1.29 is 0 Å². The van der Waals surface area contributed by atoms with Crippen molar-refractivity contribution in [1.29, 1.82) is 5.26 Å². The maximum Gasteiger partial charge on any atom is 0.0690 e. The van der Waals surface area contributed by atoms with E-state index in [-0.39, 0.29) is 5.41 Å². The Morgan fingerprint density at radius 1 is 1.18 bits per heavy atom. The number of likely N-dealkylation sites (tertiary alicyclic amines) is 1. The first-order valence-electron chi connectivity index (χ1n) is 8.46. The molecule has 0 aliphatic carbocycles. The van der Waals surface area contributed by atoms with Gasteiger partial charge in [0.1, 0.15) is 0 Å². The molecule has 0 spiro atoms. The van der Waals surface area contributed by atoms with Crippen molar-refractivity contribution >= 4 is 0 Å². The van der Waals surface area contributed by atoms with Crippen LogP contribution in [0.3, 0.4) is 0 Å². The normalized spacial score (nSPS) is 18.3. The predicted molar refractivity (Wildman–Crippen MR) is 91.7 cm³/mol. The first-order valence-corrected chi connectivity index (χ1v) is 8.46. The minimum absolute atomic E-state index is 0.103. The van der Waals surface area contributed by atoms with E-state index in [2.05, 4.69) is 60.3 Å². The third kappa shape index (κ3) is 5.12. The Morgan fingerprint density at radius 3 is 2.45 bits per heavy atom. The topological polar surface area (TPSA) is 30.3 Å². The number of hydrogen-bond donors (Lipinski definition) is 0. The molecule has 0 atom stereocenters. The summed E-state index contributed by atoms with van der Waals surface area (Å²) in [4.78, 5) is 4.77. The molecule has 22 heavy (non-hydrogen) atoms. The molecule has 1 aliphatic rings. The SMILES string of the molecule is CN(C)CCCN1CCC(C#N)(CCc2ccccc2)CC1. The lowest BCUT2D eigenvalue weighted by molar-refractivity contribution is 0.134. The summed E-state index contributed by atoms with van der Waals surface area (Å²) < 4.78 is 0. The quantitative estimate of drug-likeness (QED) is 0.774. The van der Waals surface area contributed by atoms with Crippen LogP contribution >= 0.6 is 0 Å². The monoisotopic (exact) mass is 299 g/mol. The summed E-state index contributed by atoms with van der Waals surface area (Å²) in [5, 5.41) is 9.68. The second-order valence-corrected chi connectivity index (χ2v) is 6.88. The third-order valence-electron chi connectivity index (χ3n) is 4.87. The van der Waals surface area contributed by atoms with E-state index < -0.39 is 0 Å². The average molecular weight is 299 g/mol. The molecule has 1 aromatic rings. The predicted octanol–water partition coefficient (Wildman–Crippen LogP) is 3.18. The zero-order chi connectivity index (χ0) is 15.8. The maximum absolute atomic E-state index is 9.68. The number of hydrogen-bond acceptors (Lipinski definition) is 3. The highest BCUT2D eigenvalue weighted by atomic mass is 15.1. The molecule has 0 bridgehead atoms. The van der Waals surface area contributed by atoms with Gasteiger partial charge in [0, 0.05) is 0 Å². The second-order valence-electron chi connectivity index (χ2n) is 6.88. The number of benzene rings is 1. The van der Waals surface area contributed by atoms with Gasteiger partial charge in [0.15, 0.2) is 0 Å². The fourth-order valence-corrected chi connectivity index (χ4v) is 3.26. The van der Waals surface area contributed by atoms with Crippen LogP contribution in [-0.4, -0.2) is 50.1 Å². The third-order valence-corrected chi connectivity index (χ3v) is 4.87. The van der Waals surface area contributed by atoms with Crippen molar-refractivity contribution in [1.82, 2.24) is 9.80 Å². The van der Waals surface area contributed by atoms with Crippen LogP contribution in [0.15, 0.2) is 30.3 Å². The number of piperidine rings is 1. The molecule has 1 fully saturated rings. The number of nitrogens with zero attached hydrogens (tertiary/aromatic N) is 3. The summed E-state index contributed by atoms with van der Waals surface area (Å²) in [7, 11) is 4.25.